The molecule has 1 saturated heterocycles. The summed E-state index contributed by atoms with van der Waals surface area (Å²) in [5.74, 6) is -0.417. The lowest BCUT2D eigenvalue weighted by Crippen LogP contribution is -2.40. The maximum atomic E-state index is 13.0. The van der Waals surface area contributed by atoms with E-state index in [0.717, 1.165) is 0 Å². The quantitative estimate of drug-likeness (QED) is 0.924. The van der Waals surface area contributed by atoms with Gasteiger partial charge in [-0.2, -0.15) is 0 Å². The van der Waals surface area contributed by atoms with E-state index in [9.17, 15) is 14.3 Å². The van der Waals surface area contributed by atoms with Gasteiger partial charge < -0.3 is 10.0 Å². The molecule has 6 heteroatoms. The van der Waals surface area contributed by atoms with Crippen LogP contribution >= 0.6 is 11.6 Å². The van der Waals surface area contributed by atoms with Crippen molar-refractivity contribution in [3.05, 3.63) is 64.7 Å². The summed E-state index contributed by atoms with van der Waals surface area (Å²) in [5.41, 5.74) is 1.04. The number of nitrogens with zero attached hydrogens (tertiary/aromatic N) is 2. The first-order valence-corrected chi connectivity index (χ1v) is 8.27. The van der Waals surface area contributed by atoms with Crippen molar-refractivity contribution >= 4 is 17.5 Å². The molecule has 0 spiro atoms. The molecule has 1 aromatic carbocycles. The summed E-state index contributed by atoms with van der Waals surface area (Å²) < 4.78 is 13.0. The van der Waals surface area contributed by atoms with E-state index in [1.165, 1.54) is 18.3 Å². The molecular weight excluding hydrogens is 331 g/mol. The number of benzene rings is 1. The number of aliphatic hydroxyl groups is 1. The van der Waals surface area contributed by atoms with Gasteiger partial charge in [0.2, 0.25) is 0 Å². The molecule has 1 fully saturated rings. The third-order valence-corrected chi connectivity index (χ3v) is 4.66. The van der Waals surface area contributed by atoms with Gasteiger partial charge in [-0.3, -0.25) is 9.78 Å². The first kappa shape index (κ1) is 16.9. The maximum Gasteiger partial charge on any atom is 0.272 e. The van der Waals surface area contributed by atoms with E-state index in [2.05, 4.69) is 4.98 Å². The van der Waals surface area contributed by atoms with Crippen LogP contribution < -0.4 is 0 Å². The van der Waals surface area contributed by atoms with Gasteiger partial charge in [0.25, 0.3) is 5.91 Å². The van der Waals surface area contributed by atoms with Crippen LogP contribution in [0.2, 0.25) is 5.02 Å². The van der Waals surface area contributed by atoms with Gasteiger partial charge >= 0.3 is 0 Å². The molecule has 1 aliphatic rings. The van der Waals surface area contributed by atoms with E-state index in [0.29, 0.717) is 42.2 Å². The minimum absolute atomic E-state index is 0.0480. The number of aliphatic hydroxyl groups excluding tert-OH is 1. The number of likely N-dealkylation sites (tertiary alicyclic amines) is 1. The molecule has 3 rings (SSSR count). The van der Waals surface area contributed by atoms with Crippen LogP contribution in [0.25, 0.3) is 0 Å². The number of rotatable bonds is 3. The van der Waals surface area contributed by atoms with Gasteiger partial charge in [0, 0.05) is 24.3 Å². The Morgan fingerprint density at radius 3 is 2.54 bits per heavy atom. The van der Waals surface area contributed by atoms with Crippen molar-refractivity contribution in [3.63, 3.8) is 0 Å². The second-order valence-electron chi connectivity index (χ2n) is 5.99. The zero-order valence-corrected chi connectivity index (χ0v) is 13.8. The standard InChI is InChI=1S/C18H18ClFN2O2/c19-14-5-8-21-16(11-14)18(24)22-9-6-13(7-10-22)17(23)12-1-3-15(20)4-2-12/h1-5,8,11,13,17,23H,6-7,9-10H2/t17-/m0/s1. The predicted octanol–water partition coefficient (Wildman–Crippen LogP) is 3.46. The molecule has 0 radical (unpaired) electrons. The fourth-order valence-corrected chi connectivity index (χ4v) is 3.19. The van der Waals surface area contributed by atoms with Crippen LogP contribution in [-0.2, 0) is 0 Å². The van der Waals surface area contributed by atoms with Crippen LogP contribution in [0.3, 0.4) is 0 Å². The van der Waals surface area contributed by atoms with Crippen LogP contribution in [0.5, 0.6) is 0 Å². The summed E-state index contributed by atoms with van der Waals surface area (Å²) in [6.45, 7) is 1.10. The highest BCUT2D eigenvalue weighted by atomic mass is 35.5. The first-order chi connectivity index (χ1) is 11.5. The van der Waals surface area contributed by atoms with E-state index >= 15 is 0 Å². The lowest BCUT2D eigenvalue weighted by Gasteiger charge is -2.34. The molecule has 24 heavy (non-hydrogen) atoms. The second kappa shape index (κ2) is 7.28. The van der Waals surface area contributed by atoms with E-state index in [1.807, 2.05) is 0 Å². The SMILES string of the molecule is O=C(c1cc(Cl)ccn1)N1CCC([C@@H](O)c2ccc(F)cc2)CC1. The number of piperidine rings is 1. The van der Waals surface area contributed by atoms with E-state index in [-0.39, 0.29) is 17.6 Å². The minimum atomic E-state index is -0.646. The molecule has 126 valence electrons. The zero-order valence-electron chi connectivity index (χ0n) is 13.0. The Morgan fingerprint density at radius 2 is 1.92 bits per heavy atom. The van der Waals surface area contributed by atoms with Crippen molar-refractivity contribution in [2.24, 2.45) is 5.92 Å². The Hall–Kier alpha value is -1.98. The fourth-order valence-electron chi connectivity index (χ4n) is 3.03. The normalized spacial score (nSPS) is 16.9. The van der Waals surface area contributed by atoms with Gasteiger partial charge in [0.1, 0.15) is 11.5 Å². The Balaban J connectivity index is 1.61. The summed E-state index contributed by atoms with van der Waals surface area (Å²) in [7, 11) is 0. The predicted molar refractivity (Wildman–Crippen MR) is 89.2 cm³/mol. The largest absolute Gasteiger partial charge is 0.388 e. The minimum Gasteiger partial charge on any atom is -0.388 e. The van der Waals surface area contributed by atoms with Crippen molar-refractivity contribution in [2.45, 2.75) is 18.9 Å². The third-order valence-electron chi connectivity index (χ3n) is 4.43. The number of carbonyl (C=O) groups excluding carboxylic acids is 1. The monoisotopic (exact) mass is 348 g/mol. The molecule has 1 aromatic heterocycles. The average Bonchev–Trinajstić information content (AvgIpc) is 2.61. The molecule has 1 amide bonds. The molecule has 2 heterocycles. The molecule has 0 bridgehead atoms. The smallest absolute Gasteiger partial charge is 0.272 e. The highest BCUT2D eigenvalue weighted by molar-refractivity contribution is 6.30. The van der Waals surface area contributed by atoms with Gasteiger partial charge in [-0.15, -0.1) is 0 Å². The Kier molecular flexibility index (Phi) is 5.11. The molecule has 2 aromatic rings. The summed E-state index contributed by atoms with van der Waals surface area (Å²) in [5, 5.41) is 10.9. The highest BCUT2D eigenvalue weighted by Gasteiger charge is 2.29. The van der Waals surface area contributed by atoms with Crippen molar-refractivity contribution < 1.29 is 14.3 Å². The number of carbonyl (C=O) groups is 1. The van der Waals surface area contributed by atoms with Crippen molar-refractivity contribution in [2.75, 3.05) is 13.1 Å². The fraction of sp³-hybridized carbons (Fsp3) is 0.333. The maximum absolute atomic E-state index is 13.0. The van der Waals surface area contributed by atoms with Gasteiger partial charge in [0.15, 0.2) is 0 Å². The molecule has 0 unspecified atom stereocenters. The van der Waals surface area contributed by atoms with Crippen LogP contribution in [0.1, 0.15) is 35.0 Å². The van der Waals surface area contributed by atoms with Gasteiger partial charge in [-0.05, 0) is 48.6 Å². The lowest BCUT2D eigenvalue weighted by molar-refractivity contribution is 0.0458. The van der Waals surface area contributed by atoms with Gasteiger partial charge in [-0.25, -0.2) is 4.39 Å². The molecule has 1 aliphatic heterocycles. The molecule has 1 N–H and O–H groups in total. The lowest BCUT2D eigenvalue weighted by atomic mass is 9.87. The Morgan fingerprint density at radius 1 is 1.25 bits per heavy atom. The van der Waals surface area contributed by atoms with Crippen LogP contribution in [0.15, 0.2) is 42.6 Å². The van der Waals surface area contributed by atoms with Crippen LogP contribution in [-0.4, -0.2) is 34.0 Å². The second-order valence-corrected chi connectivity index (χ2v) is 6.42. The number of halogens is 2. The van der Waals surface area contributed by atoms with Crippen molar-refractivity contribution in [3.8, 4) is 0 Å². The van der Waals surface area contributed by atoms with Gasteiger partial charge in [-0.1, -0.05) is 23.7 Å². The zero-order chi connectivity index (χ0) is 17.1. The average molecular weight is 349 g/mol. The van der Waals surface area contributed by atoms with E-state index in [1.54, 1.807) is 29.2 Å². The van der Waals surface area contributed by atoms with Gasteiger partial charge in [0.05, 0.1) is 6.10 Å². The van der Waals surface area contributed by atoms with Crippen molar-refractivity contribution in [1.29, 1.82) is 0 Å². The van der Waals surface area contributed by atoms with Crippen molar-refractivity contribution in [1.82, 2.24) is 9.88 Å². The number of hydrogen-bond acceptors (Lipinski definition) is 3. The number of aromatic nitrogens is 1. The Bertz CT molecular complexity index is 715. The third kappa shape index (κ3) is 3.74. The molecule has 0 aliphatic carbocycles. The summed E-state index contributed by atoms with van der Waals surface area (Å²) >= 11 is 5.90. The van der Waals surface area contributed by atoms with Crippen LogP contribution in [0.4, 0.5) is 4.39 Å². The molecular formula is C18H18ClFN2O2. The van der Waals surface area contributed by atoms with Crippen LogP contribution in [0, 0.1) is 11.7 Å². The number of hydrogen-bond donors (Lipinski definition) is 1. The molecule has 4 nitrogen and oxygen atoms in total. The Labute approximate surface area is 144 Å². The molecule has 1 atom stereocenters. The summed E-state index contributed by atoms with van der Waals surface area (Å²) in [6.07, 6.45) is 2.24. The molecule has 0 saturated carbocycles. The first-order valence-electron chi connectivity index (χ1n) is 7.89. The highest BCUT2D eigenvalue weighted by Crippen LogP contribution is 2.31. The summed E-state index contributed by atoms with van der Waals surface area (Å²) in [4.78, 5) is 18.2. The summed E-state index contributed by atoms with van der Waals surface area (Å²) in [6, 6.07) is 9.10. The topological polar surface area (TPSA) is 53.4 Å². The van der Waals surface area contributed by atoms with E-state index < -0.39 is 6.10 Å². The number of pyridine rings is 1. The number of amides is 1. The van der Waals surface area contributed by atoms with E-state index in [4.69, 9.17) is 11.6 Å².